The van der Waals surface area contributed by atoms with E-state index in [1.165, 1.54) is 0 Å². The van der Waals surface area contributed by atoms with Crippen molar-refractivity contribution in [2.24, 2.45) is 0 Å². The molecule has 0 atom stereocenters. The fourth-order valence-corrected chi connectivity index (χ4v) is 3.34. The summed E-state index contributed by atoms with van der Waals surface area (Å²) < 4.78 is 0. The van der Waals surface area contributed by atoms with Gasteiger partial charge in [0.1, 0.15) is 10.6 Å². The molecule has 0 fully saturated rings. The summed E-state index contributed by atoms with van der Waals surface area (Å²) in [6, 6.07) is 5.68. The van der Waals surface area contributed by atoms with Crippen molar-refractivity contribution in [3.63, 3.8) is 0 Å². The third kappa shape index (κ3) is 1.33. The van der Waals surface area contributed by atoms with Crippen LogP contribution in [0.1, 0.15) is 0 Å². The van der Waals surface area contributed by atoms with Crippen molar-refractivity contribution in [1.82, 2.24) is 4.98 Å². The molecule has 0 radical (unpaired) electrons. The average molecular weight is 233 g/mol. The summed E-state index contributed by atoms with van der Waals surface area (Å²) in [7, 11) is 0. The lowest BCUT2D eigenvalue weighted by Crippen LogP contribution is -1.72. The van der Waals surface area contributed by atoms with Crippen LogP contribution in [0.3, 0.4) is 0 Å². The Morgan fingerprint density at radius 1 is 1.20 bits per heavy atom. The molecule has 2 nitrogen and oxygen atoms in total. The molecule has 0 saturated carbocycles. The Hall–Kier alpha value is -1.39. The van der Waals surface area contributed by atoms with Gasteiger partial charge in [0.25, 0.3) is 0 Å². The zero-order valence-electron chi connectivity index (χ0n) is 7.68. The minimum absolute atomic E-state index is 0.351. The first-order chi connectivity index (χ1) is 7.36. The Labute approximate surface area is 94.5 Å². The second kappa shape index (κ2) is 3.32. The van der Waals surface area contributed by atoms with Crippen LogP contribution in [0.25, 0.3) is 20.7 Å². The molecule has 0 aliphatic carbocycles. The second-order valence-corrected chi connectivity index (χ2v) is 4.91. The monoisotopic (exact) mass is 233 g/mol. The highest BCUT2D eigenvalue weighted by Gasteiger charge is 2.11. The molecule has 0 unspecified atom stereocenters. The van der Waals surface area contributed by atoms with Gasteiger partial charge in [-0.3, -0.25) is 0 Å². The van der Waals surface area contributed by atoms with Gasteiger partial charge in [0.2, 0.25) is 0 Å². The number of nitrogens with zero attached hydrogens (tertiary/aromatic N) is 1. The molecule has 0 aliphatic heterocycles. The van der Waals surface area contributed by atoms with Crippen LogP contribution in [-0.2, 0) is 0 Å². The fourth-order valence-electron chi connectivity index (χ4n) is 1.55. The Balaban J connectivity index is 2.32. The first-order valence-electron chi connectivity index (χ1n) is 4.45. The van der Waals surface area contributed by atoms with E-state index in [4.69, 9.17) is 0 Å². The van der Waals surface area contributed by atoms with Gasteiger partial charge in [0, 0.05) is 22.5 Å². The highest BCUT2D eigenvalue weighted by molar-refractivity contribution is 7.18. The predicted octanol–water partition coefficient (Wildman–Crippen LogP) is 3.73. The number of fused-ring (bicyclic) bond motifs is 1. The lowest BCUT2D eigenvalue weighted by atomic mass is 10.2. The molecular weight excluding hydrogens is 226 g/mol. The summed E-state index contributed by atoms with van der Waals surface area (Å²) in [6.07, 6.45) is 1.79. The molecule has 0 aliphatic rings. The van der Waals surface area contributed by atoms with Crippen molar-refractivity contribution in [3.8, 4) is 16.2 Å². The number of hydrogen-bond acceptors (Lipinski definition) is 4. The quantitative estimate of drug-likeness (QED) is 0.694. The van der Waals surface area contributed by atoms with Gasteiger partial charge < -0.3 is 5.11 Å². The summed E-state index contributed by atoms with van der Waals surface area (Å²) in [4.78, 5) is 6.22. The lowest BCUT2D eigenvalue weighted by molar-refractivity contribution is 0.479. The van der Waals surface area contributed by atoms with Crippen LogP contribution in [0.2, 0.25) is 0 Å². The number of aromatic hydroxyl groups is 1. The van der Waals surface area contributed by atoms with E-state index in [1.54, 1.807) is 34.9 Å². The van der Waals surface area contributed by atoms with E-state index < -0.39 is 0 Å². The summed E-state index contributed by atoms with van der Waals surface area (Å²) in [5, 5.41) is 14.7. The van der Waals surface area contributed by atoms with Crippen LogP contribution in [-0.4, -0.2) is 10.1 Å². The topological polar surface area (TPSA) is 33.1 Å². The zero-order chi connectivity index (χ0) is 10.3. The van der Waals surface area contributed by atoms with Crippen LogP contribution in [0, 0.1) is 0 Å². The van der Waals surface area contributed by atoms with Crippen LogP contribution in [0.5, 0.6) is 5.75 Å². The molecule has 3 heterocycles. The van der Waals surface area contributed by atoms with E-state index in [0.29, 0.717) is 5.75 Å². The number of thiophene rings is 2. The third-order valence-electron chi connectivity index (χ3n) is 2.24. The SMILES string of the molecule is Oc1ccsc1-c1csc2ncccc12. The first-order valence-corrected chi connectivity index (χ1v) is 6.21. The Morgan fingerprint density at radius 3 is 2.93 bits per heavy atom. The Bertz CT molecular complexity index is 612. The van der Waals surface area contributed by atoms with Crippen molar-refractivity contribution < 1.29 is 5.11 Å². The van der Waals surface area contributed by atoms with E-state index in [2.05, 4.69) is 4.98 Å². The first kappa shape index (κ1) is 8.88. The van der Waals surface area contributed by atoms with Gasteiger partial charge >= 0.3 is 0 Å². The Morgan fingerprint density at radius 2 is 2.13 bits per heavy atom. The maximum Gasteiger partial charge on any atom is 0.134 e. The minimum Gasteiger partial charge on any atom is -0.506 e. The Kier molecular flexibility index (Phi) is 1.97. The maximum absolute atomic E-state index is 9.68. The van der Waals surface area contributed by atoms with Crippen LogP contribution in [0.4, 0.5) is 0 Å². The van der Waals surface area contributed by atoms with E-state index in [-0.39, 0.29) is 0 Å². The molecule has 3 aromatic heterocycles. The minimum atomic E-state index is 0.351. The molecule has 3 aromatic rings. The largest absolute Gasteiger partial charge is 0.506 e. The maximum atomic E-state index is 9.68. The van der Waals surface area contributed by atoms with Gasteiger partial charge in [-0.2, -0.15) is 0 Å². The van der Waals surface area contributed by atoms with Gasteiger partial charge in [-0.25, -0.2) is 4.98 Å². The van der Waals surface area contributed by atoms with Crippen molar-refractivity contribution in [3.05, 3.63) is 35.2 Å². The lowest BCUT2D eigenvalue weighted by Gasteiger charge is -1.95. The van der Waals surface area contributed by atoms with Crippen molar-refractivity contribution in [1.29, 1.82) is 0 Å². The molecular formula is C11H7NOS2. The summed E-state index contributed by atoms with van der Waals surface area (Å²) in [5.41, 5.74) is 1.08. The smallest absolute Gasteiger partial charge is 0.134 e. The molecule has 4 heteroatoms. The van der Waals surface area contributed by atoms with E-state index in [9.17, 15) is 5.11 Å². The van der Waals surface area contributed by atoms with Gasteiger partial charge in [-0.15, -0.1) is 22.7 Å². The molecule has 0 bridgehead atoms. The molecule has 74 valence electrons. The summed E-state index contributed by atoms with van der Waals surface area (Å²) >= 11 is 3.16. The number of rotatable bonds is 1. The molecule has 0 saturated heterocycles. The highest BCUT2D eigenvalue weighted by Crippen LogP contribution is 2.40. The molecule has 3 rings (SSSR count). The molecule has 1 N–H and O–H groups in total. The van der Waals surface area contributed by atoms with Crippen LogP contribution < -0.4 is 0 Å². The molecule has 0 amide bonds. The highest BCUT2D eigenvalue weighted by atomic mass is 32.1. The van der Waals surface area contributed by atoms with Crippen LogP contribution >= 0.6 is 22.7 Å². The van der Waals surface area contributed by atoms with Gasteiger partial charge in [-0.05, 0) is 23.6 Å². The number of pyridine rings is 1. The van der Waals surface area contributed by atoms with E-state index >= 15 is 0 Å². The molecule has 15 heavy (non-hydrogen) atoms. The second-order valence-electron chi connectivity index (χ2n) is 3.14. The van der Waals surface area contributed by atoms with Crippen molar-refractivity contribution in [2.45, 2.75) is 0 Å². The number of aromatic nitrogens is 1. The summed E-state index contributed by atoms with van der Waals surface area (Å²) in [6.45, 7) is 0. The van der Waals surface area contributed by atoms with E-state index in [1.807, 2.05) is 22.9 Å². The van der Waals surface area contributed by atoms with Gasteiger partial charge in [0.15, 0.2) is 0 Å². The fraction of sp³-hybridized carbons (Fsp3) is 0. The van der Waals surface area contributed by atoms with E-state index in [0.717, 1.165) is 20.7 Å². The van der Waals surface area contributed by atoms with Gasteiger partial charge in [-0.1, -0.05) is 0 Å². The van der Waals surface area contributed by atoms with Gasteiger partial charge in [0.05, 0.1) is 4.88 Å². The molecule has 0 spiro atoms. The standard InChI is InChI=1S/C11H7NOS2/c13-9-3-5-14-10(9)8-6-15-11-7(8)2-1-4-12-11/h1-6,13H. The summed E-state index contributed by atoms with van der Waals surface area (Å²) in [5.74, 6) is 0.351. The molecule has 0 aromatic carbocycles. The number of hydrogen-bond donors (Lipinski definition) is 1. The average Bonchev–Trinajstić information content (AvgIpc) is 2.83. The van der Waals surface area contributed by atoms with Crippen molar-refractivity contribution >= 4 is 32.9 Å². The zero-order valence-corrected chi connectivity index (χ0v) is 9.31. The van der Waals surface area contributed by atoms with Crippen LogP contribution in [0.15, 0.2) is 35.2 Å². The predicted molar refractivity (Wildman–Crippen MR) is 64.6 cm³/mol. The van der Waals surface area contributed by atoms with Crippen molar-refractivity contribution in [2.75, 3.05) is 0 Å². The normalized spacial score (nSPS) is 10.9. The third-order valence-corrected chi connectivity index (χ3v) is 4.08.